The van der Waals surface area contributed by atoms with E-state index in [2.05, 4.69) is 74.6 Å². The second-order valence-corrected chi connectivity index (χ2v) is 4.95. The summed E-state index contributed by atoms with van der Waals surface area (Å²) in [5, 5.41) is 3.58. The summed E-state index contributed by atoms with van der Waals surface area (Å²) in [6, 6.07) is 17.6. The summed E-state index contributed by atoms with van der Waals surface area (Å²) in [6.45, 7) is 7.43. The summed E-state index contributed by atoms with van der Waals surface area (Å²) in [4.78, 5) is 0. The van der Waals surface area contributed by atoms with Crippen molar-refractivity contribution < 1.29 is 0 Å². The lowest BCUT2D eigenvalue weighted by Crippen LogP contribution is -2.18. The summed E-state index contributed by atoms with van der Waals surface area (Å²) >= 11 is 0. The molecule has 0 spiro atoms. The van der Waals surface area contributed by atoms with Gasteiger partial charge in [0.2, 0.25) is 0 Å². The average Bonchev–Trinajstić information content (AvgIpc) is 2.37. The standard InChI is InChI=1S/C17H21N/c1-13-7-6-9-16(11-13)12-18-15(3)17-10-5-4-8-14(17)2/h4-11,15,18H,12H2,1-3H3/t15-/m1/s1. The molecular weight excluding hydrogens is 218 g/mol. The number of aryl methyl sites for hydroxylation is 2. The van der Waals surface area contributed by atoms with Crippen LogP contribution in [0.2, 0.25) is 0 Å². The van der Waals surface area contributed by atoms with E-state index in [9.17, 15) is 0 Å². The maximum absolute atomic E-state index is 3.58. The molecule has 2 aromatic carbocycles. The molecule has 0 amide bonds. The molecule has 0 fully saturated rings. The van der Waals surface area contributed by atoms with Crippen molar-refractivity contribution in [3.63, 3.8) is 0 Å². The van der Waals surface area contributed by atoms with Gasteiger partial charge in [-0.3, -0.25) is 0 Å². The molecule has 0 radical (unpaired) electrons. The largest absolute Gasteiger partial charge is 0.306 e. The lowest BCUT2D eigenvalue weighted by atomic mass is 10.0. The van der Waals surface area contributed by atoms with Crippen molar-refractivity contribution in [3.8, 4) is 0 Å². The molecule has 2 rings (SSSR count). The minimum atomic E-state index is 0.381. The quantitative estimate of drug-likeness (QED) is 0.845. The van der Waals surface area contributed by atoms with Gasteiger partial charge in [0.25, 0.3) is 0 Å². The highest BCUT2D eigenvalue weighted by Gasteiger charge is 2.06. The molecule has 0 heterocycles. The second kappa shape index (κ2) is 5.83. The lowest BCUT2D eigenvalue weighted by molar-refractivity contribution is 0.572. The SMILES string of the molecule is Cc1cccc(CN[C@H](C)c2ccccc2C)c1. The van der Waals surface area contributed by atoms with Crippen LogP contribution in [0, 0.1) is 13.8 Å². The van der Waals surface area contributed by atoms with Gasteiger partial charge in [-0.2, -0.15) is 0 Å². The maximum Gasteiger partial charge on any atom is 0.0297 e. The highest BCUT2D eigenvalue weighted by molar-refractivity contribution is 5.28. The Morgan fingerprint density at radius 3 is 2.50 bits per heavy atom. The number of hydrogen-bond donors (Lipinski definition) is 1. The highest BCUT2D eigenvalue weighted by atomic mass is 14.9. The number of rotatable bonds is 4. The minimum Gasteiger partial charge on any atom is -0.306 e. The van der Waals surface area contributed by atoms with Crippen molar-refractivity contribution in [1.29, 1.82) is 0 Å². The van der Waals surface area contributed by atoms with Gasteiger partial charge in [0.1, 0.15) is 0 Å². The van der Waals surface area contributed by atoms with Crippen molar-refractivity contribution in [2.45, 2.75) is 33.4 Å². The molecule has 1 heteroatoms. The third-order valence-electron chi connectivity index (χ3n) is 3.35. The molecule has 0 saturated carbocycles. The first-order valence-corrected chi connectivity index (χ1v) is 6.51. The molecule has 18 heavy (non-hydrogen) atoms. The fourth-order valence-corrected chi connectivity index (χ4v) is 2.28. The first-order valence-electron chi connectivity index (χ1n) is 6.51. The molecule has 1 atom stereocenters. The van der Waals surface area contributed by atoms with Crippen LogP contribution in [0.1, 0.15) is 35.2 Å². The van der Waals surface area contributed by atoms with E-state index < -0.39 is 0 Å². The second-order valence-electron chi connectivity index (χ2n) is 4.95. The number of hydrogen-bond acceptors (Lipinski definition) is 1. The molecule has 0 unspecified atom stereocenters. The number of nitrogens with one attached hydrogen (secondary N) is 1. The zero-order chi connectivity index (χ0) is 13.0. The van der Waals surface area contributed by atoms with E-state index in [0.717, 1.165) is 6.54 Å². The van der Waals surface area contributed by atoms with Crippen molar-refractivity contribution >= 4 is 0 Å². The average molecular weight is 239 g/mol. The molecule has 0 bridgehead atoms. The monoisotopic (exact) mass is 239 g/mol. The fourth-order valence-electron chi connectivity index (χ4n) is 2.28. The molecule has 2 aromatic rings. The predicted octanol–water partition coefficient (Wildman–Crippen LogP) is 4.15. The Hall–Kier alpha value is -1.60. The highest BCUT2D eigenvalue weighted by Crippen LogP contribution is 2.17. The fraction of sp³-hybridized carbons (Fsp3) is 0.294. The van der Waals surface area contributed by atoms with Gasteiger partial charge < -0.3 is 5.32 Å². The van der Waals surface area contributed by atoms with E-state index in [0.29, 0.717) is 6.04 Å². The molecule has 1 N–H and O–H groups in total. The third kappa shape index (κ3) is 3.21. The van der Waals surface area contributed by atoms with Gasteiger partial charge in [-0.05, 0) is 37.5 Å². The zero-order valence-electron chi connectivity index (χ0n) is 11.4. The van der Waals surface area contributed by atoms with Gasteiger partial charge in [0, 0.05) is 12.6 Å². The van der Waals surface area contributed by atoms with E-state index in [4.69, 9.17) is 0 Å². The van der Waals surface area contributed by atoms with Crippen LogP contribution in [-0.4, -0.2) is 0 Å². The van der Waals surface area contributed by atoms with Crippen LogP contribution in [0.15, 0.2) is 48.5 Å². The molecule has 94 valence electrons. The van der Waals surface area contributed by atoms with Gasteiger partial charge in [0.05, 0.1) is 0 Å². The van der Waals surface area contributed by atoms with Crippen LogP contribution >= 0.6 is 0 Å². The Balaban J connectivity index is 2.00. The van der Waals surface area contributed by atoms with Crippen molar-refractivity contribution in [3.05, 3.63) is 70.8 Å². The molecule has 0 aliphatic rings. The normalized spacial score (nSPS) is 12.4. The Bertz CT molecular complexity index is 517. The van der Waals surface area contributed by atoms with Gasteiger partial charge in [-0.1, -0.05) is 54.1 Å². The van der Waals surface area contributed by atoms with Gasteiger partial charge >= 0.3 is 0 Å². The lowest BCUT2D eigenvalue weighted by Gasteiger charge is -2.16. The zero-order valence-corrected chi connectivity index (χ0v) is 11.4. The van der Waals surface area contributed by atoms with E-state index in [-0.39, 0.29) is 0 Å². The van der Waals surface area contributed by atoms with Crippen LogP contribution in [-0.2, 0) is 6.54 Å². The third-order valence-corrected chi connectivity index (χ3v) is 3.35. The maximum atomic E-state index is 3.58. The van der Waals surface area contributed by atoms with Gasteiger partial charge in [-0.15, -0.1) is 0 Å². The van der Waals surface area contributed by atoms with Crippen molar-refractivity contribution in [1.82, 2.24) is 5.32 Å². The minimum absolute atomic E-state index is 0.381. The predicted molar refractivity (Wildman–Crippen MR) is 77.6 cm³/mol. The summed E-state index contributed by atoms with van der Waals surface area (Å²) in [6.07, 6.45) is 0. The van der Waals surface area contributed by atoms with E-state index in [1.165, 1.54) is 22.3 Å². The van der Waals surface area contributed by atoms with Crippen LogP contribution in [0.4, 0.5) is 0 Å². The molecule has 0 aliphatic heterocycles. The molecular formula is C17H21N. The van der Waals surface area contributed by atoms with Crippen molar-refractivity contribution in [2.75, 3.05) is 0 Å². The summed E-state index contributed by atoms with van der Waals surface area (Å²) < 4.78 is 0. The first kappa shape index (κ1) is 12.8. The van der Waals surface area contributed by atoms with Crippen LogP contribution < -0.4 is 5.32 Å². The Morgan fingerprint density at radius 1 is 1.00 bits per heavy atom. The topological polar surface area (TPSA) is 12.0 Å². The molecule has 1 nitrogen and oxygen atoms in total. The van der Waals surface area contributed by atoms with E-state index in [1.54, 1.807) is 0 Å². The van der Waals surface area contributed by atoms with Gasteiger partial charge in [-0.25, -0.2) is 0 Å². The summed E-state index contributed by atoms with van der Waals surface area (Å²) in [5.41, 5.74) is 5.39. The summed E-state index contributed by atoms with van der Waals surface area (Å²) in [7, 11) is 0. The van der Waals surface area contributed by atoms with Crippen LogP contribution in [0.5, 0.6) is 0 Å². The molecule has 0 saturated heterocycles. The van der Waals surface area contributed by atoms with E-state index in [1.807, 2.05) is 0 Å². The van der Waals surface area contributed by atoms with Gasteiger partial charge in [0.15, 0.2) is 0 Å². The first-order chi connectivity index (χ1) is 8.66. The molecule has 0 aliphatic carbocycles. The van der Waals surface area contributed by atoms with E-state index >= 15 is 0 Å². The van der Waals surface area contributed by atoms with Crippen LogP contribution in [0.3, 0.4) is 0 Å². The van der Waals surface area contributed by atoms with Crippen molar-refractivity contribution in [2.24, 2.45) is 0 Å². The smallest absolute Gasteiger partial charge is 0.0297 e. The Kier molecular flexibility index (Phi) is 4.16. The van der Waals surface area contributed by atoms with Crippen LogP contribution in [0.25, 0.3) is 0 Å². The molecule has 0 aromatic heterocycles. The summed E-state index contributed by atoms with van der Waals surface area (Å²) in [5.74, 6) is 0. The Labute approximate surface area is 110 Å². The number of benzene rings is 2. The Morgan fingerprint density at radius 2 is 1.78 bits per heavy atom.